The lowest BCUT2D eigenvalue weighted by molar-refractivity contribution is 0.309. The minimum absolute atomic E-state index is 0.195. The Kier molecular flexibility index (Phi) is 5.25. The normalized spacial score (nSPS) is 13.8. The molecule has 5 rings (SSSR count). The number of piperidine rings is 1. The topological polar surface area (TPSA) is 130 Å². The summed E-state index contributed by atoms with van der Waals surface area (Å²) in [6, 6.07) is 13.7. The minimum atomic E-state index is 0.195. The molecule has 0 spiro atoms. The number of hydrogen-bond acceptors (Lipinski definition) is 8. The van der Waals surface area contributed by atoms with Crippen molar-refractivity contribution in [1.82, 2.24) is 25.4 Å². The number of hydrogen-bond donors (Lipinski definition) is 2. The summed E-state index contributed by atoms with van der Waals surface area (Å²) in [6.45, 7) is 2.31. The molecular weight excluding hydrogens is 404 g/mol. The summed E-state index contributed by atoms with van der Waals surface area (Å²) >= 11 is 0. The van der Waals surface area contributed by atoms with E-state index in [1.165, 1.54) is 19.3 Å². The van der Waals surface area contributed by atoms with Crippen LogP contribution in [0.25, 0.3) is 22.3 Å². The number of benzene rings is 1. The summed E-state index contributed by atoms with van der Waals surface area (Å²) in [5.74, 6) is 1.77. The van der Waals surface area contributed by atoms with Gasteiger partial charge in [-0.1, -0.05) is 17.3 Å². The minimum Gasteiger partial charge on any atom is -0.486 e. The first-order valence-corrected chi connectivity index (χ1v) is 10.6. The molecule has 3 aromatic heterocycles. The number of anilines is 2. The van der Waals surface area contributed by atoms with Gasteiger partial charge in [0.1, 0.15) is 18.2 Å². The summed E-state index contributed by atoms with van der Waals surface area (Å²) in [7, 11) is 0. The first-order chi connectivity index (χ1) is 15.7. The predicted molar refractivity (Wildman–Crippen MR) is 121 cm³/mol. The number of nitrogens with two attached hydrogens (primary N) is 1. The van der Waals surface area contributed by atoms with E-state index < -0.39 is 0 Å². The lowest BCUT2D eigenvalue weighted by Gasteiger charge is -2.27. The summed E-state index contributed by atoms with van der Waals surface area (Å²) in [6.07, 6.45) is 5.59. The average molecular weight is 426 g/mol. The van der Waals surface area contributed by atoms with Crippen LogP contribution in [0.4, 0.5) is 11.6 Å². The fourth-order valence-electron chi connectivity index (χ4n) is 3.95. The van der Waals surface area contributed by atoms with Crippen LogP contribution < -0.4 is 15.4 Å². The van der Waals surface area contributed by atoms with Gasteiger partial charge < -0.3 is 15.4 Å². The highest BCUT2D eigenvalue weighted by molar-refractivity contribution is 5.79. The SMILES string of the molecule is N#Cc1cc(-c2ccc(N3CCCCC3)nc2)ccc1COc1cc(N)nc2[nH]nnc12. The third kappa shape index (κ3) is 3.90. The van der Waals surface area contributed by atoms with E-state index in [9.17, 15) is 5.26 Å². The molecular formula is C23H22N8O. The zero-order valence-electron chi connectivity index (χ0n) is 17.5. The first-order valence-electron chi connectivity index (χ1n) is 10.6. The van der Waals surface area contributed by atoms with Gasteiger partial charge in [-0.2, -0.15) is 5.26 Å². The number of pyridine rings is 2. The summed E-state index contributed by atoms with van der Waals surface area (Å²) < 4.78 is 5.90. The maximum absolute atomic E-state index is 9.70. The molecule has 4 heterocycles. The summed E-state index contributed by atoms with van der Waals surface area (Å²) in [4.78, 5) is 11.1. The van der Waals surface area contributed by atoms with Crippen LogP contribution in [0.15, 0.2) is 42.6 Å². The number of nitrogens with one attached hydrogen (secondary N) is 1. The van der Waals surface area contributed by atoms with Gasteiger partial charge in [0.05, 0.1) is 11.6 Å². The highest BCUT2D eigenvalue weighted by atomic mass is 16.5. The second-order valence-corrected chi connectivity index (χ2v) is 7.78. The Labute approximate surface area is 184 Å². The van der Waals surface area contributed by atoms with Crippen molar-refractivity contribution in [1.29, 1.82) is 5.26 Å². The van der Waals surface area contributed by atoms with Gasteiger partial charge in [0.2, 0.25) is 0 Å². The number of nitrogen functional groups attached to an aromatic ring is 1. The number of nitrogens with zero attached hydrogens (tertiary/aromatic N) is 6. The summed E-state index contributed by atoms with van der Waals surface area (Å²) in [5, 5.41) is 20.1. The van der Waals surface area contributed by atoms with Gasteiger partial charge in [-0.25, -0.2) is 15.1 Å². The number of rotatable bonds is 5. The third-order valence-corrected chi connectivity index (χ3v) is 5.66. The Hall–Kier alpha value is -4.19. The van der Waals surface area contributed by atoms with E-state index in [0.717, 1.165) is 35.6 Å². The molecule has 9 heteroatoms. The van der Waals surface area contributed by atoms with Gasteiger partial charge in [0.25, 0.3) is 0 Å². The number of aromatic nitrogens is 5. The Morgan fingerprint density at radius 3 is 2.72 bits per heavy atom. The van der Waals surface area contributed by atoms with E-state index in [0.29, 0.717) is 28.3 Å². The van der Waals surface area contributed by atoms with Crippen molar-refractivity contribution in [2.45, 2.75) is 25.9 Å². The van der Waals surface area contributed by atoms with Crippen LogP contribution in [-0.2, 0) is 6.61 Å². The zero-order valence-corrected chi connectivity index (χ0v) is 17.5. The number of H-pyrrole nitrogens is 1. The monoisotopic (exact) mass is 426 g/mol. The molecule has 0 unspecified atom stereocenters. The molecule has 0 radical (unpaired) electrons. The molecule has 0 amide bonds. The Bertz CT molecular complexity index is 1290. The predicted octanol–water partition coefficient (Wildman–Crippen LogP) is 3.44. The van der Waals surface area contributed by atoms with Crippen molar-refractivity contribution in [2.24, 2.45) is 0 Å². The molecule has 3 N–H and O–H groups in total. The largest absolute Gasteiger partial charge is 0.486 e. The molecule has 9 nitrogen and oxygen atoms in total. The van der Waals surface area contributed by atoms with E-state index in [4.69, 9.17) is 10.5 Å². The molecule has 4 aromatic rings. The van der Waals surface area contributed by atoms with Gasteiger partial charge in [0.15, 0.2) is 16.9 Å². The van der Waals surface area contributed by atoms with Crippen molar-refractivity contribution in [3.63, 3.8) is 0 Å². The third-order valence-electron chi connectivity index (χ3n) is 5.66. The van der Waals surface area contributed by atoms with Crippen LogP contribution in [0.2, 0.25) is 0 Å². The van der Waals surface area contributed by atoms with Gasteiger partial charge in [-0.15, -0.1) is 5.10 Å². The van der Waals surface area contributed by atoms with E-state index in [1.807, 2.05) is 24.4 Å². The van der Waals surface area contributed by atoms with Gasteiger partial charge in [-0.3, -0.25) is 0 Å². The highest BCUT2D eigenvalue weighted by Crippen LogP contribution is 2.27. The molecule has 1 saturated heterocycles. The maximum Gasteiger partial charge on any atom is 0.181 e. The molecule has 1 aromatic carbocycles. The van der Waals surface area contributed by atoms with Crippen LogP contribution in [-0.4, -0.2) is 38.5 Å². The number of fused-ring (bicyclic) bond motifs is 1. The van der Waals surface area contributed by atoms with Crippen molar-refractivity contribution in [3.05, 3.63) is 53.7 Å². The highest BCUT2D eigenvalue weighted by Gasteiger charge is 2.14. The maximum atomic E-state index is 9.70. The molecule has 0 aliphatic carbocycles. The van der Waals surface area contributed by atoms with Crippen molar-refractivity contribution < 1.29 is 4.74 Å². The van der Waals surface area contributed by atoms with Crippen LogP contribution in [0.5, 0.6) is 5.75 Å². The zero-order chi connectivity index (χ0) is 21.9. The molecule has 160 valence electrons. The van der Waals surface area contributed by atoms with Crippen LogP contribution in [0.3, 0.4) is 0 Å². The smallest absolute Gasteiger partial charge is 0.181 e. The van der Waals surface area contributed by atoms with Crippen molar-refractivity contribution in [3.8, 4) is 22.9 Å². The van der Waals surface area contributed by atoms with E-state index in [-0.39, 0.29) is 6.61 Å². The number of nitriles is 1. The number of aromatic amines is 1. The molecule has 32 heavy (non-hydrogen) atoms. The van der Waals surface area contributed by atoms with E-state index >= 15 is 0 Å². The Balaban J connectivity index is 1.35. The van der Waals surface area contributed by atoms with Crippen LogP contribution in [0.1, 0.15) is 30.4 Å². The fraction of sp³-hybridized carbons (Fsp3) is 0.261. The Morgan fingerprint density at radius 2 is 1.94 bits per heavy atom. The van der Waals surface area contributed by atoms with E-state index in [2.05, 4.69) is 48.5 Å². The molecule has 1 aliphatic heterocycles. The number of ether oxygens (including phenoxy) is 1. The molecule has 0 bridgehead atoms. The second kappa shape index (κ2) is 8.51. The standard InChI is InChI=1S/C23H22N8O/c24-12-18-10-15(16-6-7-21(26-13-16)31-8-2-1-3-9-31)4-5-17(18)14-32-19-11-20(25)27-23-22(19)28-30-29-23/h4-7,10-11,13H,1-3,8-9,14H2,(H3,25,27,28,29,30). The van der Waals surface area contributed by atoms with Crippen molar-refractivity contribution in [2.75, 3.05) is 23.7 Å². The van der Waals surface area contributed by atoms with Crippen molar-refractivity contribution >= 4 is 22.8 Å². The second-order valence-electron chi connectivity index (χ2n) is 7.78. The van der Waals surface area contributed by atoms with Gasteiger partial charge in [-0.05, 0) is 43.0 Å². The summed E-state index contributed by atoms with van der Waals surface area (Å²) in [5.41, 5.74) is 9.99. The average Bonchev–Trinajstić information content (AvgIpc) is 3.31. The Morgan fingerprint density at radius 1 is 1.09 bits per heavy atom. The van der Waals surface area contributed by atoms with Gasteiger partial charge in [0, 0.05) is 36.5 Å². The quantitative estimate of drug-likeness (QED) is 0.496. The fourth-order valence-corrected chi connectivity index (χ4v) is 3.95. The molecule has 1 aliphatic rings. The van der Waals surface area contributed by atoms with Crippen LogP contribution in [0, 0.1) is 11.3 Å². The lowest BCUT2D eigenvalue weighted by atomic mass is 10.0. The van der Waals surface area contributed by atoms with E-state index in [1.54, 1.807) is 6.07 Å². The van der Waals surface area contributed by atoms with Gasteiger partial charge >= 0.3 is 0 Å². The van der Waals surface area contributed by atoms with Crippen LogP contribution >= 0.6 is 0 Å². The molecule has 0 atom stereocenters. The molecule has 1 fully saturated rings. The lowest BCUT2D eigenvalue weighted by Crippen LogP contribution is -2.29. The first kappa shape index (κ1) is 19.8. The molecule has 0 saturated carbocycles.